The molecular weight excluding hydrogens is 311 g/mol. The van der Waals surface area contributed by atoms with Crippen molar-refractivity contribution in [2.24, 2.45) is 11.7 Å². The Labute approximate surface area is 112 Å². The summed E-state index contributed by atoms with van der Waals surface area (Å²) in [5.74, 6) is -0.103. The molecule has 0 saturated heterocycles. The second-order valence-corrected chi connectivity index (χ2v) is 4.98. The van der Waals surface area contributed by atoms with E-state index in [1.165, 1.54) is 0 Å². The molecule has 0 heterocycles. The summed E-state index contributed by atoms with van der Waals surface area (Å²) in [6.45, 7) is -0.899. The topological polar surface area (TPSA) is 35.2 Å². The maximum atomic E-state index is 11.9. The van der Waals surface area contributed by atoms with Crippen LogP contribution in [0.3, 0.4) is 0 Å². The molecule has 0 aromatic heterocycles. The van der Waals surface area contributed by atoms with E-state index in [2.05, 4.69) is 20.7 Å². The smallest absolute Gasteiger partial charge is 0.372 e. The Morgan fingerprint density at radius 2 is 1.83 bits per heavy atom. The number of rotatable bonds is 6. The van der Waals surface area contributed by atoms with Gasteiger partial charge in [0.05, 0.1) is 6.61 Å². The third-order valence-electron chi connectivity index (χ3n) is 2.39. The second-order valence-electron chi connectivity index (χ2n) is 4.06. The molecule has 0 aliphatic heterocycles. The van der Waals surface area contributed by atoms with Gasteiger partial charge in [-0.05, 0) is 36.6 Å². The van der Waals surface area contributed by atoms with Gasteiger partial charge in [-0.15, -0.1) is 0 Å². The summed E-state index contributed by atoms with van der Waals surface area (Å²) < 4.78 is 41.4. The maximum absolute atomic E-state index is 11.9. The summed E-state index contributed by atoms with van der Waals surface area (Å²) in [5, 5.41) is 0. The molecule has 2 N–H and O–H groups in total. The molecule has 6 heteroatoms. The van der Waals surface area contributed by atoms with Crippen molar-refractivity contribution in [3.05, 3.63) is 34.3 Å². The van der Waals surface area contributed by atoms with Gasteiger partial charge in [0, 0.05) is 4.47 Å². The molecule has 1 atom stereocenters. The number of halogens is 4. The molecule has 1 aromatic carbocycles. The lowest BCUT2D eigenvalue weighted by Gasteiger charge is -2.16. The number of ether oxygens (including phenoxy) is 1. The first-order valence-electron chi connectivity index (χ1n) is 5.49. The Morgan fingerprint density at radius 1 is 1.22 bits per heavy atom. The number of benzene rings is 1. The minimum absolute atomic E-state index is 0.0199. The van der Waals surface area contributed by atoms with Crippen molar-refractivity contribution in [1.82, 2.24) is 0 Å². The van der Waals surface area contributed by atoms with Crippen LogP contribution < -0.4 is 5.73 Å². The molecule has 2 nitrogen and oxygen atoms in total. The third kappa shape index (κ3) is 6.37. The number of hydrogen-bond acceptors (Lipinski definition) is 2. The standard InChI is InChI=1S/C12H15BrF3NO/c13-11-3-1-9(2-4-11)5-10(6-17)7-18-8-12(14,15)16/h1-4,10H,5-8,17H2. The summed E-state index contributed by atoms with van der Waals surface area (Å²) in [7, 11) is 0. The minimum atomic E-state index is -4.28. The van der Waals surface area contributed by atoms with Crippen molar-refractivity contribution in [2.45, 2.75) is 12.6 Å². The fourth-order valence-electron chi connectivity index (χ4n) is 1.51. The predicted molar refractivity (Wildman–Crippen MR) is 67.3 cm³/mol. The van der Waals surface area contributed by atoms with Gasteiger partial charge >= 0.3 is 6.18 Å². The molecule has 0 aliphatic carbocycles. The van der Waals surface area contributed by atoms with E-state index in [-0.39, 0.29) is 12.5 Å². The van der Waals surface area contributed by atoms with Crippen LogP contribution in [0.4, 0.5) is 13.2 Å². The van der Waals surface area contributed by atoms with Crippen molar-refractivity contribution in [3.8, 4) is 0 Å². The lowest BCUT2D eigenvalue weighted by molar-refractivity contribution is -0.176. The quantitative estimate of drug-likeness (QED) is 0.872. The highest BCUT2D eigenvalue weighted by Gasteiger charge is 2.27. The van der Waals surface area contributed by atoms with Crippen LogP contribution in [0.1, 0.15) is 5.56 Å². The van der Waals surface area contributed by atoms with Crippen LogP contribution >= 0.6 is 15.9 Å². The molecule has 18 heavy (non-hydrogen) atoms. The van der Waals surface area contributed by atoms with Crippen molar-refractivity contribution in [2.75, 3.05) is 19.8 Å². The van der Waals surface area contributed by atoms with Gasteiger partial charge in [-0.1, -0.05) is 28.1 Å². The maximum Gasteiger partial charge on any atom is 0.411 e. The molecule has 102 valence electrons. The van der Waals surface area contributed by atoms with Gasteiger partial charge in [-0.2, -0.15) is 13.2 Å². The lowest BCUT2D eigenvalue weighted by atomic mass is 10.0. The summed E-state index contributed by atoms with van der Waals surface area (Å²) >= 11 is 3.32. The molecule has 0 aliphatic rings. The zero-order valence-electron chi connectivity index (χ0n) is 9.71. The fourth-order valence-corrected chi connectivity index (χ4v) is 1.77. The van der Waals surface area contributed by atoms with Gasteiger partial charge in [0.25, 0.3) is 0 Å². The summed E-state index contributed by atoms with van der Waals surface area (Å²) in [5.41, 5.74) is 6.56. The van der Waals surface area contributed by atoms with Gasteiger partial charge in [0.2, 0.25) is 0 Å². The van der Waals surface area contributed by atoms with E-state index in [0.29, 0.717) is 13.0 Å². The molecule has 1 aromatic rings. The fraction of sp³-hybridized carbons (Fsp3) is 0.500. The van der Waals surface area contributed by atoms with Gasteiger partial charge in [-0.25, -0.2) is 0 Å². The Hall–Kier alpha value is -0.590. The third-order valence-corrected chi connectivity index (χ3v) is 2.92. The zero-order chi connectivity index (χ0) is 13.6. The van der Waals surface area contributed by atoms with Crippen molar-refractivity contribution < 1.29 is 17.9 Å². The van der Waals surface area contributed by atoms with Crippen LogP contribution in [0.15, 0.2) is 28.7 Å². The molecule has 1 rings (SSSR count). The van der Waals surface area contributed by atoms with E-state index in [9.17, 15) is 13.2 Å². The first-order valence-corrected chi connectivity index (χ1v) is 6.29. The van der Waals surface area contributed by atoms with E-state index in [4.69, 9.17) is 5.73 Å². The zero-order valence-corrected chi connectivity index (χ0v) is 11.3. The lowest BCUT2D eigenvalue weighted by Crippen LogP contribution is -2.25. The van der Waals surface area contributed by atoms with E-state index in [1.54, 1.807) is 0 Å². The number of nitrogens with two attached hydrogens (primary N) is 1. The van der Waals surface area contributed by atoms with E-state index in [0.717, 1.165) is 10.0 Å². The normalized spacial score (nSPS) is 13.6. The Balaban J connectivity index is 2.40. The van der Waals surface area contributed by atoms with E-state index >= 15 is 0 Å². The minimum Gasteiger partial charge on any atom is -0.372 e. The Bertz CT molecular complexity index is 353. The highest BCUT2D eigenvalue weighted by molar-refractivity contribution is 9.10. The van der Waals surface area contributed by atoms with Gasteiger partial charge in [0.15, 0.2) is 0 Å². The molecule has 0 fully saturated rings. The van der Waals surface area contributed by atoms with E-state index in [1.807, 2.05) is 24.3 Å². The molecule has 0 spiro atoms. The highest BCUT2D eigenvalue weighted by atomic mass is 79.9. The van der Waals surface area contributed by atoms with Gasteiger partial charge in [-0.3, -0.25) is 0 Å². The molecule has 0 saturated carbocycles. The van der Waals surface area contributed by atoms with Crippen LogP contribution in [-0.4, -0.2) is 25.9 Å². The summed E-state index contributed by atoms with van der Waals surface area (Å²) in [4.78, 5) is 0. The predicted octanol–water partition coefficient (Wildman–Crippen LogP) is 3.15. The molecule has 1 unspecified atom stereocenters. The Morgan fingerprint density at radius 3 is 2.33 bits per heavy atom. The summed E-state index contributed by atoms with van der Waals surface area (Å²) in [6, 6.07) is 7.60. The highest BCUT2D eigenvalue weighted by Crippen LogP contribution is 2.17. The first kappa shape index (κ1) is 15.5. The van der Waals surface area contributed by atoms with E-state index < -0.39 is 12.8 Å². The number of alkyl halides is 3. The molecule has 0 radical (unpaired) electrons. The van der Waals surface area contributed by atoms with Crippen LogP contribution in [0.25, 0.3) is 0 Å². The van der Waals surface area contributed by atoms with Crippen molar-refractivity contribution >= 4 is 15.9 Å². The molecular formula is C12H15BrF3NO. The van der Waals surface area contributed by atoms with Crippen LogP contribution in [0.5, 0.6) is 0 Å². The van der Waals surface area contributed by atoms with Crippen LogP contribution in [0.2, 0.25) is 0 Å². The van der Waals surface area contributed by atoms with Gasteiger partial charge < -0.3 is 10.5 Å². The molecule has 0 bridgehead atoms. The van der Waals surface area contributed by atoms with Crippen molar-refractivity contribution in [1.29, 1.82) is 0 Å². The average Bonchev–Trinajstić information content (AvgIpc) is 2.29. The Kier molecular flexibility index (Phi) is 6.11. The SMILES string of the molecule is NCC(COCC(F)(F)F)Cc1ccc(Br)cc1. The molecule has 0 amide bonds. The van der Waals surface area contributed by atoms with Crippen LogP contribution in [0, 0.1) is 5.92 Å². The summed E-state index contributed by atoms with van der Waals surface area (Å²) in [6.07, 6.45) is -3.67. The van der Waals surface area contributed by atoms with Gasteiger partial charge in [0.1, 0.15) is 6.61 Å². The largest absolute Gasteiger partial charge is 0.411 e. The van der Waals surface area contributed by atoms with Crippen LogP contribution in [-0.2, 0) is 11.2 Å². The first-order chi connectivity index (χ1) is 8.40. The van der Waals surface area contributed by atoms with Crippen molar-refractivity contribution in [3.63, 3.8) is 0 Å². The monoisotopic (exact) mass is 325 g/mol. The number of hydrogen-bond donors (Lipinski definition) is 1. The average molecular weight is 326 g/mol. The second kappa shape index (κ2) is 7.11.